The molecule has 2 aromatic carbocycles. The summed E-state index contributed by atoms with van der Waals surface area (Å²) in [4.78, 5) is 31.4. The van der Waals surface area contributed by atoms with Gasteiger partial charge in [0.25, 0.3) is 0 Å². The molecule has 2 heterocycles. The van der Waals surface area contributed by atoms with Crippen LogP contribution < -0.4 is 10.1 Å². The van der Waals surface area contributed by atoms with Crippen molar-refractivity contribution in [3.05, 3.63) is 83.4 Å². The lowest BCUT2D eigenvalue weighted by Crippen LogP contribution is -2.41. The van der Waals surface area contributed by atoms with E-state index in [1.54, 1.807) is 30.9 Å². The van der Waals surface area contributed by atoms with E-state index in [2.05, 4.69) is 10.3 Å². The van der Waals surface area contributed by atoms with Crippen LogP contribution in [0.4, 0.5) is 18.4 Å². The maximum Gasteiger partial charge on any atom is 0.410 e. The van der Waals surface area contributed by atoms with Crippen molar-refractivity contribution >= 4 is 12.2 Å². The topological polar surface area (TPSA) is 90.0 Å². The van der Waals surface area contributed by atoms with E-state index in [4.69, 9.17) is 14.2 Å². The number of nitrogens with one attached hydrogen (secondary N) is 1. The van der Waals surface area contributed by atoms with Crippen molar-refractivity contribution in [2.75, 3.05) is 13.1 Å². The first-order valence-electron chi connectivity index (χ1n) is 13.9. The summed E-state index contributed by atoms with van der Waals surface area (Å²) >= 11 is 0. The van der Waals surface area contributed by atoms with Crippen LogP contribution in [0.1, 0.15) is 45.7 Å². The summed E-state index contributed by atoms with van der Waals surface area (Å²) in [6, 6.07) is 15.9. The number of pyridine rings is 1. The number of alkyl carbamates (subject to hydrolysis) is 1. The van der Waals surface area contributed by atoms with E-state index < -0.39 is 28.9 Å². The van der Waals surface area contributed by atoms with Gasteiger partial charge in [0.1, 0.15) is 29.9 Å². The Morgan fingerprint density at radius 2 is 1.67 bits per heavy atom. The highest BCUT2D eigenvalue weighted by molar-refractivity contribution is 5.70. The highest BCUT2D eigenvalue weighted by atomic mass is 19.1. The fourth-order valence-electron chi connectivity index (χ4n) is 5.11. The van der Waals surface area contributed by atoms with Crippen LogP contribution in [0.2, 0.25) is 0 Å². The number of carbonyl (C=O) groups excluding carboxylic acids is 2. The van der Waals surface area contributed by atoms with E-state index in [1.165, 1.54) is 6.07 Å². The highest BCUT2D eigenvalue weighted by Crippen LogP contribution is 2.48. The van der Waals surface area contributed by atoms with Gasteiger partial charge in [0, 0.05) is 42.6 Å². The smallest absolute Gasteiger partial charge is 0.410 e. The van der Waals surface area contributed by atoms with Crippen LogP contribution in [0.15, 0.2) is 60.7 Å². The molecule has 1 aliphatic heterocycles. The Labute approximate surface area is 244 Å². The molecule has 1 saturated heterocycles. The maximum absolute atomic E-state index is 14.8. The van der Waals surface area contributed by atoms with Gasteiger partial charge in [-0.1, -0.05) is 30.3 Å². The number of piperidine rings is 1. The summed E-state index contributed by atoms with van der Waals surface area (Å²) in [6.07, 6.45) is -1.16. The summed E-state index contributed by atoms with van der Waals surface area (Å²) in [7, 11) is 0. The quantitative estimate of drug-likeness (QED) is 0.347. The van der Waals surface area contributed by atoms with Crippen molar-refractivity contribution in [3.8, 4) is 17.1 Å². The normalized spacial score (nSPS) is 19.6. The van der Waals surface area contributed by atoms with Gasteiger partial charge in [0.2, 0.25) is 5.88 Å². The Balaban J connectivity index is 1.33. The number of rotatable bonds is 7. The fraction of sp³-hybridized carbons (Fsp3) is 0.406. The average Bonchev–Trinajstić information content (AvgIpc) is 3.33. The molecule has 222 valence electrons. The number of aromatic nitrogens is 1. The van der Waals surface area contributed by atoms with E-state index in [0.717, 1.165) is 17.7 Å². The Kier molecular flexibility index (Phi) is 7.83. The van der Waals surface area contributed by atoms with Crippen molar-refractivity contribution in [1.29, 1.82) is 0 Å². The molecule has 5 rings (SSSR count). The largest absolute Gasteiger partial charge is 0.474 e. The van der Waals surface area contributed by atoms with Gasteiger partial charge in [-0.05, 0) is 63.9 Å². The number of fused-ring (bicyclic) bond motifs is 1. The van der Waals surface area contributed by atoms with Crippen LogP contribution in [0.5, 0.6) is 5.88 Å². The number of hydrogen-bond acceptors (Lipinski definition) is 6. The van der Waals surface area contributed by atoms with Crippen molar-refractivity contribution < 1.29 is 32.6 Å². The van der Waals surface area contributed by atoms with Crippen molar-refractivity contribution in [3.63, 3.8) is 0 Å². The molecule has 8 nitrogen and oxygen atoms in total. The van der Waals surface area contributed by atoms with Gasteiger partial charge in [-0.2, -0.15) is 0 Å². The molecule has 1 saturated carbocycles. The first-order chi connectivity index (χ1) is 19.8. The predicted molar refractivity (Wildman–Crippen MR) is 152 cm³/mol. The lowest BCUT2D eigenvalue weighted by atomic mass is 9.93. The zero-order chi connectivity index (χ0) is 30.2. The molecular formula is C32H35F2N3O5. The summed E-state index contributed by atoms with van der Waals surface area (Å²) in [5.41, 5.74) is 0.215. The minimum Gasteiger partial charge on any atom is -0.474 e. The zero-order valence-corrected chi connectivity index (χ0v) is 24.3. The molecule has 2 aliphatic rings. The average molecular weight is 580 g/mol. The number of benzene rings is 2. The molecule has 2 amide bonds. The number of likely N-dealkylation sites (tertiary alicyclic amines) is 1. The first kappa shape index (κ1) is 29.3. The highest BCUT2D eigenvalue weighted by Gasteiger charge is 2.59. The van der Waals surface area contributed by atoms with Crippen LogP contribution in [0.25, 0.3) is 11.3 Å². The first-order valence-corrected chi connectivity index (χ1v) is 13.9. The molecule has 0 spiro atoms. The van der Waals surface area contributed by atoms with Crippen molar-refractivity contribution in [1.82, 2.24) is 15.2 Å². The van der Waals surface area contributed by atoms with Crippen LogP contribution in [0, 0.1) is 23.5 Å². The standard InChI is InChI=1S/C32H35F2N3O5/c1-31(2,3)42-30(39)37-16-23-24(17-37)28(23)41-27-14-20(13-26(35-27)22-12-11-21(33)15-25(22)34)32(4,5)36-29(38)40-18-19-9-7-6-8-10-19/h6-15,23-24,28H,16-18H2,1-5H3,(H,36,38). The number of halogens is 2. The van der Waals surface area contributed by atoms with Gasteiger partial charge in [0.05, 0.1) is 11.2 Å². The SMILES string of the molecule is CC(C)(C)OC(=O)N1CC2C(C1)C2Oc1cc(C(C)(C)NC(=O)OCc2ccccc2)cc(-c2ccc(F)cc2F)n1. The lowest BCUT2D eigenvalue weighted by molar-refractivity contribution is 0.0252. The van der Waals surface area contributed by atoms with Gasteiger partial charge in [-0.3, -0.25) is 0 Å². The molecule has 2 unspecified atom stereocenters. The Bertz CT molecular complexity index is 1460. The Morgan fingerprint density at radius 3 is 2.31 bits per heavy atom. The summed E-state index contributed by atoms with van der Waals surface area (Å²) in [5.74, 6) is -0.995. The van der Waals surface area contributed by atoms with E-state index in [1.807, 2.05) is 51.1 Å². The molecule has 1 N–H and O–H groups in total. The van der Waals surface area contributed by atoms with E-state index >= 15 is 0 Å². The third-order valence-electron chi connectivity index (χ3n) is 7.38. The second kappa shape index (κ2) is 11.2. The minimum absolute atomic E-state index is 0.0950. The number of amides is 2. The minimum atomic E-state index is -0.965. The van der Waals surface area contributed by atoms with Crippen molar-refractivity contribution in [2.24, 2.45) is 11.8 Å². The van der Waals surface area contributed by atoms with E-state index in [0.29, 0.717) is 18.7 Å². The number of carbonyl (C=O) groups is 2. The molecule has 1 aliphatic carbocycles. The molecular weight excluding hydrogens is 544 g/mol. The second-order valence-electron chi connectivity index (χ2n) is 12.3. The van der Waals surface area contributed by atoms with Gasteiger partial charge in [0.15, 0.2) is 0 Å². The van der Waals surface area contributed by atoms with Gasteiger partial charge in [-0.15, -0.1) is 0 Å². The summed E-state index contributed by atoms with van der Waals surface area (Å²) in [6.45, 7) is 10.2. The third-order valence-corrected chi connectivity index (χ3v) is 7.38. The summed E-state index contributed by atoms with van der Waals surface area (Å²) in [5, 5.41) is 2.86. The Morgan fingerprint density at radius 1 is 0.976 bits per heavy atom. The van der Waals surface area contributed by atoms with Crippen LogP contribution >= 0.6 is 0 Å². The molecule has 10 heteroatoms. The molecule has 3 aromatic rings. The van der Waals surface area contributed by atoms with Gasteiger partial charge >= 0.3 is 12.2 Å². The van der Waals surface area contributed by atoms with Crippen molar-refractivity contribution in [2.45, 2.75) is 58.5 Å². The zero-order valence-electron chi connectivity index (χ0n) is 24.3. The monoisotopic (exact) mass is 579 g/mol. The third kappa shape index (κ3) is 6.80. The van der Waals surface area contributed by atoms with Gasteiger partial charge in [-0.25, -0.2) is 23.4 Å². The van der Waals surface area contributed by atoms with E-state index in [-0.39, 0.29) is 47.8 Å². The van der Waals surface area contributed by atoms with Crippen LogP contribution in [-0.4, -0.2) is 46.9 Å². The van der Waals surface area contributed by atoms with E-state index in [9.17, 15) is 18.4 Å². The molecule has 0 radical (unpaired) electrons. The van der Waals surface area contributed by atoms with Crippen LogP contribution in [-0.2, 0) is 21.6 Å². The number of nitrogens with zero attached hydrogens (tertiary/aromatic N) is 2. The second-order valence-corrected chi connectivity index (χ2v) is 12.3. The molecule has 1 aromatic heterocycles. The molecule has 2 atom stereocenters. The molecule has 2 fully saturated rings. The molecule has 42 heavy (non-hydrogen) atoms. The van der Waals surface area contributed by atoms with Gasteiger partial charge < -0.3 is 24.4 Å². The van der Waals surface area contributed by atoms with Crippen LogP contribution in [0.3, 0.4) is 0 Å². The number of ether oxygens (including phenoxy) is 3. The number of hydrogen-bond donors (Lipinski definition) is 1. The maximum atomic E-state index is 14.8. The molecule has 0 bridgehead atoms. The summed E-state index contributed by atoms with van der Waals surface area (Å²) < 4.78 is 45.6. The predicted octanol–water partition coefficient (Wildman–Crippen LogP) is 6.43. The lowest BCUT2D eigenvalue weighted by Gasteiger charge is -2.28. The Hall–Kier alpha value is -4.21. The fourth-order valence-corrected chi connectivity index (χ4v) is 5.11.